The molecule has 4 N–H and O–H groups in total. The first kappa shape index (κ1) is 24.9. The van der Waals surface area contributed by atoms with Crippen LogP contribution in [0, 0.1) is 0 Å². The van der Waals surface area contributed by atoms with Gasteiger partial charge in [-0.05, 0) is 52.0 Å². The minimum atomic E-state index is 0. The van der Waals surface area contributed by atoms with E-state index in [1.54, 1.807) is 0 Å². The summed E-state index contributed by atoms with van der Waals surface area (Å²) < 4.78 is 0. The molecule has 3 nitrogen and oxygen atoms in total. The minimum absolute atomic E-state index is 0. The molecule has 0 saturated carbocycles. The molecule has 0 heterocycles. The van der Waals surface area contributed by atoms with E-state index < -0.39 is 0 Å². The fraction of sp³-hybridized carbons (Fsp3) is 1.00. The molecule has 0 saturated heterocycles. The molecule has 0 aromatic heterocycles. The molecule has 0 spiro atoms. The van der Waals surface area contributed by atoms with Gasteiger partial charge >= 0.3 is 0 Å². The van der Waals surface area contributed by atoms with Gasteiger partial charge in [0.1, 0.15) is 0 Å². The Bertz CT molecular complexity index is 183. The Morgan fingerprint density at radius 2 is 0.909 bits per heavy atom. The van der Waals surface area contributed by atoms with Crippen molar-refractivity contribution in [3.63, 3.8) is 0 Å². The number of nitrogens with zero attached hydrogens (tertiary/aromatic N) is 1. The number of unbranched alkanes of at least 4 members (excludes halogenated alkanes) is 9. The van der Waals surface area contributed by atoms with E-state index in [9.17, 15) is 0 Å². The summed E-state index contributed by atoms with van der Waals surface area (Å²) >= 11 is 0. The van der Waals surface area contributed by atoms with Gasteiger partial charge in [0.25, 0.3) is 0 Å². The number of rotatable bonds is 17. The van der Waals surface area contributed by atoms with Gasteiger partial charge in [-0.1, -0.05) is 64.7 Å². The quantitative estimate of drug-likeness (QED) is 0.281. The average Bonchev–Trinajstić information content (AvgIpc) is 2.51. The molecule has 0 aromatic rings. The molecule has 0 unspecified atom stereocenters. The van der Waals surface area contributed by atoms with Crippen LogP contribution in [0.2, 0.25) is 0 Å². The first-order valence-corrected chi connectivity index (χ1v) is 9.47. The molecule has 0 bridgehead atoms. The second-order valence-corrected chi connectivity index (χ2v) is 6.31. The van der Waals surface area contributed by atoms with Crippen molar-refractivity contribution in [1.29, 1.82) is 0 Å². The van der Waals surface area contributed by atoms with E-state index >= 15 is 0 Å². The van der Waals surface area contributed by atoms with Crippen molar-refractivity contribution < 1.29 is 0 Å². The molecule has 0 amide bonds. The van der Waals surface area contributed by atoms with Crippen LogP contribution in [0.15, 0.2) is 0 Å². The van der Waals surface area contributed by atoms with Crippen molar-refractivity contribution >= 4 is 23.9 Å². The fourth-order valence-corrected chi connectivity index (χ4v) is 2.79. The topological polar surface area (TPSA) is 55.3 Å². The Hall–Kier alpha value is 0.679. The number of nitrogens with two attached hydrogens (primary N) is 2. The van der Waals surface area contributed by atoms with Crippen LogP contribution in [0.25, 0.3) is 0 Å². The zero-order valence-electron chi connectivity index (χ0n) is 15.1. The third kappa shape index (κ3) is 18.7. The Labute approximate surface area is 156 Å². The zero-order chi connectivity index (χ0) is 15.6. The van der Waals surface area contributed by atoms with Crippen molar-refractivity contribution in [3.05, 3.63) is 0 Å². The molecule has 4 radical (unpaired) electrons. The van der Waals surface area contributed by atoms with Crippen molar-refractivity contribution in [2.75, 3.05) is 32.7 Å². The SMILES string of the molecule is CCCCCCCCCCCCN(CCCN)CCCN.[Sn]. The van der Waals surface area contributed by atoms with E-state index in [2.05, 4.69) is 11.8 Å². The molecule has 0 aliphatic carbocycles. The average molecular weight is 418 g/mol. The van der Waals surface area contributed by atoms with Gasteiger partial charge in [-0.2, -0.15) is 0 Å². The Morgan fingerprint density at radius 3 is 1.32 bits per heavy atom. The van der Waals surface area contributed by atoms with E-state index in [1.165, 1.54) is 70.8 Å². The molecular formula is C18H41N3Sn. The molecule has 0 fully saturated rings. The molecule has 4 heteroatoms. The van der Waals surface area contributed by atoms with Gasteiger partial charge in [-0.25, -0.2) is 0 Å². The Balaban J connectivity index is 0. The molecule has 0 aliphatic heterocycles. The summed E-state index contributed by atoms with van der Waals surface area (Å²) in [4.78, 5) is 2.55. The third-order valence-electron chi connectivity index (χ3n) is 4.18. The normalized spacial score (nSPS) is 10.9. The summed E-state index contributed by atoms with van der Waals surface area (Å²) in [6.07, 6.45) is 16.3. The summed E-state index contributed by atoms with van der Waals surface area (Å²) in [5.74, 6) is 0. The maximum Gasteiger partial charge on any atom is 0 e. The van der Waals surface area contributed by atoms with E-state index in [0.29, 0.717) is 0 Å². The van der Waals surface area contributed by atoms with E-state index in [4.69, 9.17) is 11.5 Å². The van der Waals surface area contributed by atoms with Crippen LogP contribution in [-0.4, -0.2) is 61.5 Å². The third-order valence-corrected chi connectivity index (χ3v) is 4.18. The van der Waals surface area contributed by atoms with Gasteiger partial charge in [-0.15, -0.1) is 0 Å². The van der Waals surface area contributed by atoms with Crippen molar-refractivity contribution in [2.45, 2.75) is 84.0 Å². The van der Waals surface area contributed by atoms with Crippen LogP contribution >= 0.6 is 0 Å². The fourth-order valence-electron chi connectivity index (χ4n) is 2.79. The molecule has 0 aliphatic rings. The summed E-state index contributed by atoms with van der Waals surface area (Å²) in [7, 11) is 0. The number of hydrogen-bond acceptors (Lipinski definition) is 3. The summed E-state index contributed by atoms with van der Waals surface area (Å²) in [5.41, 5.74) is 11.2. The van der Waals surface area contributed by atoms with Gasteiger partial charge < -0.3 is 16.4 Å². The maximum atomic E-state index is 5.61. The molecule has 22 heavy (non-hydrogen) atoms. The Kier molecular flexibility index (Phi) is 24.6. The Morgan fingerprint density at radius 1 is 0.545 bits per heavy atom. The van der Waals surface area contributed by atoms with Crippen LogP contribution in [0.5, 0.6) is 0 Å². The predicted molar refractivity (Wildman–Crippen MR) is 101 cm³/mol. The van der Waals surface area contributed by atoms with Crippen molar-refractivity contribution in [3.8, 4) is 0 Å². The number of hydrogen-bond donors (Lipinski definition) is 2. The minimum Gasteiger partial charge on any atom is -0.330 e. The van der Waals surface area contributed by atoms with Crippen LogP contribution in [-0.2, 0) is 0 Å². The van der Waals surface area contributed by atoms with E-state index in [0.717, 1.165) is 39.0 Å². The van der Waals surface area contributed by atoms with Crippen LogP contribution < -0.4 is 11.5 Å². The smallest absolute Gasteiger partial charge is 0 e. The zero-order valence-corrected chi connectivity index (χ0v) is 18.0. The van der Waals surface area contributed by atoms with Crippen molar-refractivity contribution in [2.24, 2.45) is 11.5 Å². The first-order chi connectivity index (χ1) is 10.3. The van der Waals surface area contributed by atoms with E-state index in [1.807, 2.05) is 0 Å². The van der Waals surface area contributed by atoms with Gasteiger partial charge in [0.15, 0.2) is 0 Å². The molecule has 0 rings (SSSR count). The molecule has 0 aromatic carbocycles. The second-order valence-electron chi connectivity index (χ2n) is 6.31. The van der Waals surface area contributed by atoms with Crippen LogP contribution in [0.3, 0.4) is 0 Å². The van der Waals surface area contributed by atoms with Crippen LogP contribution in [0.1, 0.15) is 84.0 Å². The molecule has 132 valence electrons. The standard InChI is InChI=1S/C18H41N3.Sn/c1-2-3-4-5-6-7-8-9-10-11-16-21(17-12-14-19)18-13-15-20;/h2-20H2,1H3;. The van der Waals surface area contributed by atoms with Gasteiger partial charge in [-0.3, -0.25) is 0 Å². The monoisotopic (exact) mass is 419 g/mol. The van der Waals surface area contributed by atoms with Crippen molar-refractivity contribution in [1.82, 2.24) is 4.90 Å². The first-order valence-electron chi connectivity index (χ1n) is 9.47. The second kappa shape index (κ2) is 21.7. The maximum absolute atomic E-state index is 5.61. The van der Waals surface area contributed by atoms with E-state index in [-0.39, 0.29) is 23.9 Å². The molecular weight excluding hydrogens is 377 g/mol. The largest absolute Gasteiger partial charge is 0.330 e. The summed E-state index contributed by atoms with van der Waals surface area (Å²) in [5, 5.41) is 0. The molecule has 0 atom stereocenters. The predicted octanol–water partition coefficient (Wildman–Crippen LogP) is 3.53. The van der Waals surface area contributed by atoms with Gasteiger partial charge in [0, 0.05) is 23.9 Å². The van der Waals surface area contributed by atoms with Gasteiger partial charge in [0.05, 0.1) is 0 Å². The van der Waals surface area contributed by atoms with Crippen LogP contribution in [0.4, 0.5) is 0 Å². The van der Waals surface area contributed by atoms with Gasteiger partial charge in [0.2, 0.25) is 0 Å². The summed E-state index contributed by atoms with van der Waals surface area (Å²) in [6, 6.07) is 0. The summed E-state index contributed by atoms with van der Waals surface area (Å²) in [6.45, 7) is 7.41.